The maximum absolute atomic E-state index is 11.3. The number of pyridine rings is 1. The third-order valence-electron chi connectivity index (χ3n) is 1.85. The Morgan fingerprint density at radius 1 is 1.50 bits per heavy atom. The maximum atomic E-state index is 11.3. The van der Waals surface area contributed by atoms with Gasteiger partial charge in [-0.25, -0.2) is 9.78 Å². The summed E-state index contributed by atoms with van der Waals surface area (Å²) in [5.41, 5.74) is 0.939. The third kappa shape index (κ3) is 3.53. The highest BCUT2D eigenvalue weighted by atomic mass is 16.4. The Hall–Kier alpha value is -2.17. The van der Waals surface area contributed by atoms with Crippen LogP contribution in [0.15, 0.2) is 30.0 Å². The second kappa shape index (κ2) is 5.06. The number of carbonyl (C=O) groups is 2. The molecule has 84 valence electrons. The van der Waals surface area contributed by atoms with E-state index < -0.39 is 11.9 Å². The standard InChI is InChI=1S/C11H12N2O3/c1-7-3-4-12-9(5-7)13-10(14)6-8(2)11(15)16/h3-6H,1-2H3,(H,15,16)(H,12,13,14)/b8-6+. The second-order valence-corrected chi connectivity index (χ2v) is 3.34. The van der Waals surface area contributed by atoms with Gasteiger partial charge < -0.3 is 10.4 Å². The minimum absolute atomic E-state index is 0.0230. The Morgan fingerprint density at radius 2 is 2.19 bits per heavy atom. The molecule has 0 spiro atoms. The fourth-order valence-corrected chi connectivity index (χ4v) is 1.03. The number of amides is 1. The van der Waals surface area contributed by atoms with E-state index in [2.05, 4.69) is 10.3 Å². The number of carboxylic acids is 1. The molecule has 16 heavy (non-hydrogen) atoms. The first-order valence-corrected chi connectivity index (χ1v) is 4.64. The van der Waals surface area contributed by atoms with Gasteiger partial charge in [0.1, 0.15) is 5.82 Å². The van der Waals surface area contributed by atoms with Crippen LogP contribution in [0.5, 0.6) is 0 Å². The smallest absolute Gasteiger partial charge is 0.331 e. The van der Waals surface area contributed by atoms with Gasteiger partial charge in [0.15, 0.2) is 0 Å². The lowest BCUT2D eigenvalue weighted by atomic mass is 10.2. The molecule has 0 aromatic carbocycles. The van der Waals surface area contributed by atoms with Crippen molar-refractivity contribution in [2.24, 2.45) is 0 Å². The minimum Gasteiger partial charge on any atom is -0.478 e. The van der Waals surface area contributed by atoms with Gasteiger partial charge in [0.05, 0.1) is 0 Å². The SMILES string of the molecule is C/C(=C\C(=O)Nc1cc(C)ccn1)C(=O)O. The zero-order valence-corrected chi connectivity index (χ0v) is 9.02. The fraction of sp³-hybridized carbons (Fsp3) is 0.182. The van der Waals surface area contributed by atoms with E-state index in [0.717, 1.165) is 11.6 Å². The third-order valence-corrected chi connectivity index (χ3v) is 1.85. The van der Waals surface area contributed by atoms with Crippen LogP contribution in [-0.2, 0) is 9.59 Å². The lowest BCUT2D eigenvalue weighted by Gasteiger charge is -2.01. The van der Waals surface area contributed by atoms with Crippen LogP contribution in [0.25, 0.3) is 0 Å². The summed E-state index contributed by atoms with van der Waals surface area (Å²) in [7, 11) is 0. The summed E-state index contributed by atoms with van der Waals surface area (Å²) in [5, 5.41) is 11.1. The number of nitrogens with one attached hydrogen (secondary N) is 1. The maximum Gasteiger partial charge on any atom is 0.331 e. The first-order valence-electron chi connectivity index (χ1n) is 4.64. The molecule has 5 nitrogen and oxygen atoms in total. The van der Waals surface area contributed by atoms with Crippen LogP contribution in [0, 0.1) is 6.92 Å². The first-order chi connectivity index (χ1) is 7.49. The monoisotopic (exact) mass is 220 g/mol. The zero-order valence-electron chi connectivity index (χ0n) is 9.02. The average Bonchev–Trinajstić information content (AvgIpc) is 2.16. The second-order valence-electron chi connectivity index (χ2n) is 3.34. The molecule has 1 heterocycles. The van der Waals surface area contributed by atoms with Gasteiger partial charge in [-0.05, 0) is 31.5 Å². The number of nitrogens with zero attached hydrogens (tertiary/aromatic N) is 1. The van der Waals surface area contributed by atoms with Crippen LogP contribution in [0.3, 0.4) is 0 Å². The minimum atomic E-state index is -1.12. The summed E-state index contributed by atoms with van der Waals surface area (Å²) in [6, 6.07) is 3.50. The molecule has 0 saturated heterocycles. The molecular weight excluding hydrogens is 208 g/mol. The molecule has 2 N–H and O–H groups in total. The van der Waals surface area contributed by atoms with Crippen LogP contribution in [0.1, 0.15) is 12.5 Å². The van der Waals surface area contributed by atoms with Gasteiger partial charge >= 0.3 is 5.97 Å². The van der Waals surface area contributed by atoms with E-state index in [1.54, 1.807) is 18.3 Å². The number of anilines is 1. The van der Waals surface area contributed by atoms with E-state index in [1.165, 1.54) is 6.92 Å². The van der Waals surface area contributed by atoms with Gasteiger partial charge in [-0.1, -0.05) is 0 Å². The van der Waals surface area contributed by atoms with E-state index in [9.17, 15) is 9.59 Å². The number of carboxylic acid groups (broad SMARTS) is 1. The van der Waals surface area contributed by atoms with Crippen LogP contribution in [-0.4, -0.2) is 22.0 Å². The van der Waals surface area contributed by atoms with Crippen molar-refractivity contribution < 1.29 is 14.7 Å². The van der Waals surface area contributed by atoms with Gasteiger partial charge in [0, 0.05) is 17.8 Å². The van der Waals surface area contributed by atoms with Gasteiger partial charge in [-0.3, -0.25) is 4.79 Å². The Balaban J connectivity index is 2.72. The highest BCUT2D eigenvalue weighted by Gasteiger charge is 2.04. The molecule has 0 radical (unpaired) electrons. The molecule has 0 aliphatic carbocycles. The highest BCUT2D eigenvalue weighted by Crippen LogP contribution is 2.05. The molecular formula is C11H12N2O3. The normalized spacial score (nSPS) is 11.0. The quantitative estimate of drug-likeness (QED) is 0.754. The molecule has 0 unspecified atom stereocenters. The van der Waals surface area contributed by atoms with Crippen molar-refractivity contribution in [1.29, 1.82) is 0 Å². The lowest BCUT2D eigenvalue weighted by molar-refractivity contribution is -0.132. The lowest BCUT2D eigenvalue weighted by Crippen LogP contribution is -2.11. The number of aliphatic carboxylic acids is 1. The van der Waals surface area contributed by atoms with E-state index >= 15 is 0 Å². The topological polar surface area (TPSA) is 79.3 Å². The fourth-order valence-electron chi connectivity index (χ4n) is 1.03. The van der Waals surface area contributed by atoms with Crippen molar-refractivity contribution in [2.45, 2.75) is 13.8 Å². The van der Waals surface area contributed by atoms with Crippen molar-refractivity contribution in [2.75, 3.05) is 5.32 Å². The van der Waals surface area contributed by atoms with E-state index in [4.69, 9.17) is 5.11 Å². The summed E-state index contributed by atoms with van der Waals surface area (Å²) >= 11 is 0. The number of hydrogen-bond acceptors (Lipinski definition) is 3. The summed E-state index contributed by atoms with van der Waals surface area (Å²) < 4.78 is 0. The Bertz CT molecular complexity index is 452. The molecule has 5 heteroatoms. The zero-order chi connectivity index (χ0) is 12.1. The summed E-state index contributed by atoms with van der Waals surface area (Å²) in [6.45, 7) is 3.22. The Morgan fingerprint density at radius 3 is 2.75 bits per heavy atom. The molecule has 1 aromatic heterocycles. The van der Waals surface area contributed by atoms with Crippen LogP contribution in [0.4, 0.5) is 5.82 Å². The summed E-state index contributed by atoms with van der Waals surface area (Å²) in [4.78, 5) is 25.7. The molecule has 1 amide bonds. The first kappa shape index (κ1) is 11.9. The van der Waals surface area contributed by atoms with Crippen molar-refractivity contribution >= 4 is 17.7 Å². The van der Waals surface area contributed by atoms with Crippen LogP contribution in [0.2, 0.25) is 0 Å². The Kier molecular flexibility index (Phi) is 3.77. The largest absolute Gasteiger partial charge is 0.478 e. The Labute approximate surface area is 92.8 Å². The molecule has 0 fully saturated rings. The predicted octanol–water partition coefficient (Wildman–Crippen LogP) is 1.36. The molecule has 0 bridgehead atoms. The molecule has 1 rings (SSSR count). The number of carbonyl (C=O) groups excluding carboxylic acids is 1. The number of aromatic nitrogens is 1. The number of hydrogen-bond donors (Lipinski definition) is 2. The van der Waals surface area contributed by atoms with Gasteiger partial charge in [0.25, 0.3) is 0 Å². The van der Waals surface area contributed by atoms with Crippen molar-refractivity contribution in [3.63, 3.8) is 0 Å². The van der Waals surface area contributed by atoms with E-state index in [-0.39, 0.29) is 5.57 Å². The number of rotatable bonds is 3. The van der Waals surface area contributed by atoms with E-state index in [0.29, 0.717) is 5.82 Å². The molecule has 0 aliphatic heterocycles. The average molecular weight is 220 g/mol. The van der Waals surface area contributed by atoms with Gasteiger partial charge in [0.2, 0.25) is 5.91 Å². The van der Waals surface area contributed by atoms with Gasteiger partial charge in [-0.2, -0.15) is 0 Å². The summed E-state index contributed by atoms with van der Waals surface area (Å²) in [6.07, 6.45) is 2.59. The molecule has 0 aliphatic rings. The van der Waals surface area contributed by atoms with Crippen molar-refractivity contribution in [1.82, 2.24) is 4.98 Å². The highest BCUT2D eigenvalue weighted by molar-refractivity contribution is 6.03. The predicted molar refractivity (Wildman–Crippen MR) is 59.0 cm³/mol. The summed E-state index contributed by atoms with van der Waals surface area (Å²) in [5.74, 6) is -1.22. The van der Waals surface area contributed by atoms with E-state index in [1.807, 2.05) is 6.92 Å². The van der Waals surface area contributed by atoms with Crippen LogP contribution < -0.4 is 5.32 Å². The number of aryl methyl sites for hydroxylation is 1. The van der Waals surface area contributed by atoms with Crippen molar-refractivity contribution in [3.05, 3.63) is 35.5 Å². The molecule has 0 atom stereocenters. The van der Waals surface area contributed by atoms with Crippen LogP contribution >= 0.6 is 0 Å². The molecule has 1 aromatic rings. The van der Waals surface area contributed by atoms with Crippen molar-refractivity contribution in [3.8, 4) is 0 Å². The molecule has 0 saturated carbocycles. The van der Waals surface area contributed by atoms with Gasteiger partial charge in [-0.15, -0.1) is 0 Å².